The number of nitrogens with zero attached hydrogens (tertiary/aromatic N) is 3. The highest BCUT2D eigenvalue weighted by Crippen LogP contribution is 2.13. The second kappa shape index (κ2) is 2.97. The molecule has 66 valence electrons. The minimum absolute atomic E-state index is 0.324. The zero-order valence-corrected chi connectivity index (χ0v) is 7.52. The first-order chi connectivity index (χ1) is 5.58. The maximum Gasteiger partial charge on any atom is 0.106 e. The maximum atomic E-state index is 8.43. The minimum Gasteiger partial charge on any atom is -0.411 e. The summed E-state index contributed by atoms with van der Waals surface area (Å²) in [6.07, 6.45) is 5.06. The van der Waals surface area contributed by atoms with Gasteiger partial charge in [0.25, 0.3) is 0 Å². The van der Waals surface area contributed by atoms with Crippen molar-refractivity contribution in [3.8, 4) is 0 Å². The fourth-order valence-electron chi connectivity index (χ4n) is 1.19. The quantitative estimate of drug-likeness (QED) is 0.411. The molecule has 0 spiro atoms. The highest BCUT2D eigenvalue weighted by atomic mass is 16.4. The van der Waals surface area contributed by atoms with Crippen molar-refractivity contribution in [2.75, 3.05) is 0 Å². The van der Waals surface area contributed by atoms with Gasteiger partial charge in [0.15, 0.2) is 0 Å². The predicted octanol–water partition coefficient (Wildman–Crippen LogP) is 1.39. The van der Waals surface area contributed by atoms with Gasteiger partial charge in [-0.1, -0.05) is 5.16 Å². The third-order valence-electron chi connectivity index (χ3n) is 1.82. The van der Waals surface area contributed by atoms with Crippen LogP contribution >= 0.6 is 0 Å². The van der Waals surface area contributed by atoms with E-state index < -0.39 is 0 Å². The number of hydrogen-bond acceptors (Lipinski definition) is 3. The molecule has 0 bridgehead atoms. The average Bonchev–Trinajstić information content (AvgIpc) is 2.35. The van der Waals surface area contributed by atoms with Crippen LogP contribution < -0.4 is 0 Å². The van der Waals surface area contributed by atoms with Crippen molar-refractivity contribution in [3.63, 3.8) is 0 Å². The minimum atomic E-state index is -0.324. The van der Waals surface area contributed by atoms with E-state index in [1.807, 2.05) is 31.5 Å². The van der Waals surface area contributed by atoms with Crippen molar-refractivity contribution in [2.45, 2.75) is 26.3 Å². The summed E-state index contributed by atoms with van der Waals surface area (Å²) >= 11 is 0. The number of hydrogen-bond donors (Lipinski definition) is 1. The van der Waals surface area contributed by atoms with E-state index in [0.29, 0.717) is 0 Å². The van der Waals surface area contributed by atoms with E-state index in [0.717, 1.165) is 5.82 Å². The molecule has 4 heteroatoms. The molecule has 0 aliphatic carbocycles. The van der Waals surface area contributed by atoms with Crippen molar-refractivity contribution < 1.29 is 5.21 Å². The smallest absolute Gasteiger partial charge is 0.106 e. The van der Waals surface area contributed by atoms with Gasteiger partial charge in [-0.2, -0.15) is 0 Å². The van der Waals surface area contributed by atoms with Crippen LogP contribution in [0, 0.1) is 6.92 Å². The Labute approximate surface area is 71.5 Å². The third kappa shape index (κ3) is 1.47. The molecule has 0 radical (unpaired) electrons. The monoisotopic (exact) mass is 167 g/mol. The number of rotatable bonds is 2. The number of aryl methyl sites for hydroxylation is 1. The first kappa shape index (κ1) is 8.77. The zero-order valence-electron chi connectivity index (χ0n) is 7.52. The zero-order chi connectivity index (χ0) is 9.19. The van der Waals surface area contributed by atoms with Gasteiger partial charge < -0.3 is 9.77 Å². The maximum absolute atomic E-state index is 8.43. The van der Waals surface area contributed by atoms with E-state index in [4.69, 9.17) is 5.21 Å². The van der Waals surface area contributed by atoms with Crippen molar-refractivity contribution >= 4 is 6.21 Å². The fraction of sp³-hybridized carbons (Fsp3) is 0.500. The van der Waals surface area contributed by atoms with Gasteiger partial charge in [-0.25, -0.2) is 4.98 Å². The van der Waals surface area contributed by atoms with Crippen LogP contribution in [0.15, 0.2) is 17.5 Å². The number of oxime groups is 1. The summed E-state index contributed by atoms with van der Waals surface area (Å²) < 4.78 is 1.94. The fourth-order valence-corrected chi connectivity index (χ4v) is 1.19. The highest BCUT2D eigenvalue weighted by molar-refractivity contribution is 5.66. The van der Waals surface area contributed by atoms with Crippen molar-refractivity contribution in [1.29, 1.82) is 0 Å². The van der Waals surface area contributed by atoms with E-state index >= 15 is 0 Å². The summed E-state index contributed by atoms with van der Waals surface area (Å²) in [6.45, 7) is 5.80. The molecule has 12 heavy (non-hydrogen) atoms. The summed E-state index contributed by atoms with van der Waals surface area (Å²) in [5.74, 6) is 0.903. The number of aromatic nitrogens is 2. The lowest BCUT2D eigenvalue weighted by atomic mass is 10.1. The van der Waals surface area contributed by atoms with Gasteiger partial charge in [-0.05, 0) is 20.8 Å². The van der Waals surface area contributed by atoms with Crippen LogP contribution in [0.2, 0.25) is 0 Å². The SMILES string of the molecule is Cc1nccn1C(C)(C)C=NO. The van der Waals surface area contributed by atoms with Gasteiger partial charge in [0.05, 0.1) is 11.8 Å². The van der Waals surface area contributed by atoms with Crippen molar-refractivity contribution in [3.05, 3.63) is 18.2 Å². The van der Waals surface area contributed by atoms with E-state index in [9.17, 15) is 0 Å². The van der Waals surface area contributed by atoms with Crippen LogP contribution in [-0.2, 0) is 5.54 Å². The van der Waals surface area contributed by atoms with Crippen LogP contribution in [0.4, 0.5) is 0 Å². The Morgan fingerprint density at radius 3 is 2.75 bits per heavy atom. The van der Waals surface area contributed by atoms with Crippen LogP contribution in [0.5, 0.6) is 0 Å². The Bertz CT molecular complexity index is 288. The third-order valence-corrected chi connectivity index (χ3v) is 1.82. The summed E-state index contributed by atoms with van der Waals surface area (Å²) in [5.41, 5.74) is -0.324. The first-order valence-electron chi connectivity index (χ1n) is 3.77. The molecule has 0 saturated heterocycles. The predicted molar refractivity (Wildman–Crippen MR) is 46.6 cm³/mol. The molecule has 0 amide bonds. The lowest BCUT2D eigenvalue weighted by Crippen LogP contribution is -2.28. The Kier molecular flexibility index (Phi) is 2.17. The molecule has 1 N–H and O–H groups in total. The lowest BCUT2D eigenvalue weighted by Gasteiger charge is -2.22. The van der Waals surface area contributed by atoms with Gasteiger partial charge in [0.2, 0.25) is 0 Å². The topological polar surface area (TPSA) is 50.4 Å². The summed E-state index contributed by atoms with van der Waals surface area (Å²) in [7, 11) is 0. The summed E-state index contributed by atoms with van der Waals surface area (Å²) in [5, 5.41) is 11.5. The normalized spacial score (nSPS) is 12.6. The summed E-state index contributed by atoms with van der Waals surface area (Å²) in [4.78, 5) is 4.08. The molecule has 0 aliphatic heterocycles. The van der Waals surface area contributed by atoms with Gasteiger partial charge >= 0.3 is 0 Å². The highest BCUT2D eigenvalue weighted by Gasteiger charge is 2.18. The molecule has 0 unspecified atom stereocenters. The van der Waals surface area contributed by atoms with E-state index in [1.54, 1.807) is 6.20 Å². The van der Waals surface area contributed by atoms with Crippen LogP contribution in [0.1, 0.15) is 19.7 Å². The second-order valence-electron chi connectivity index (χ2n) is 3.24. The Hall–Kier alpha value is -1.32. The number of imidazole rings is 1. The molecule has 1 heterocycles. The molecule has 0 aromatic carbocycles. The van der Waals surface area contributed by atoms with Gasteiger partial charge in [-0.3, -0.25) is 0 Å². The van der Waals surface area contributed by atoms with Gasteiger partial charge in [0.1, 0.15) is 5.82 Å². The van der Waals surface area contributed by atoms with Crippen molar-refractivity contribution in [2.24, 2.45) is 5.16 Å². The molecule has 4 nitrogen and oxygen atoms in total. The van der Waals surface area contributed by atoms with Crippen LogP contribution in [0.25, 0.3) is 0 Å². The molecule has 1 rings (SSSR count). The van der Waals surface area contributed by atoms with Crippen LogP contribution in [0.3, 0.4) is 0 Å². The Balaban J connectivity index is 3.04. The second-order valence-corrected chi connectivity index (χ2v) is 3.24. The molecular weight excluding hydrogens is 154 g/mol. The molecule has 0 fully saturated rings. The Morgan fingerprint density at radius 1 is 1.67 bits per heavy atom. The molecule has 1 aromatic rings. The average molecular weight is 167 g/mol. The Morgan fingerprint density at radius 2 is 2.33 bits per heavy atom. The molecule has 0 aliphatic rings. The lowest BCUT2D eigenvalue weighted by molar-refractivity contribution is 0.313. The van der Waals surface area contributed by atoms with E-state index in [2.05, 4.69) is 10.1 Å². The van der Waals surface area contributed by atoms with Gasteiger partial charge in [0, 0.05) is 12.4 Å². The molecule has 0 atom stereocenters. The molecule has 0 saturated carbocycles. The molecular formula is C8H13N3O. The summed E-state index contributed by atoms with van der Waals surface area (Å²) in [6, 6.07) is 0. The van der Waals surface area contributed by atoms with E-state index in [1.165, 1.54) is 6.21 Å². The largest absolute Gasteiger partial charge is 0.411 e. The van der Waals surface area contributed by atoms with Crippen LogP contribution in [-0.4, -0.2) is 21.0 Å². The van der Waals surface area contributed by atoms with E-state index in [-0.39, 0.29) is 5.54 Å². The first-order valence-corrected chi connectivity index (χ1v) is 3.77. The molecule has 1 aromatic heterocycles. The standard InChI is InChI=1S/C8H13N3O/c1-7-9-4-5-11(7)8(2,3)6-10-12/h4-6,12H,1-3H3. The van der Waals surface area contributed by atoms with Crippen molar-refractivity contribution in [1.82, 2.24) is 9.55 Å². The van der Waals surface area contributed by atoms with Gasteiger partial charge in [-0.15, -0.1) is 0 Å².